The molecule has 2 unspecified atom stereocenters. The lowest BCUT2D eigenvalue weighted by Gasteiger charge is -2.33. The zero-order valence-electron chi connectivity index (χ0n) is 26.5. The molecular formula is C31H67NO6S. The minimum atomic E-state index is -4.41. The molecule has 0 saturated heterocycles. The Morgan fingerprint density at radius 2 is 0.821 bits per heavy atom. The predicted octanol–water partition coefficient (Wildman–Crippen LogP) is 7.50. The van der Waals surface area contributed by atoms with Crippen molar-refractivity contribution < 1.29 is 31.8 Å². The molecule has 0 fully saturated rings. The van der Waals surface area contributed by atoms with Crippen molar-refractivity contribution in [3.05, 3.63) is 0 Å². The number of hydrogen-bond acceptors (Lipinski definition) is 6. The summed E-state index contributed by atoms with van der Waals surface area (Å²) in [6.07, 6.45) is 28.1. The zero-order valence-corrected chi connectivity index (χ0v) is 27.3. The van der Waals surface area contributed by atoms with Crippen LogP contribution in [-0.4, -0.2) is 74.2 Å². The summed E-state index contributed by atoms with van der Waals surface area (Å²) in [6, 6.07) is 0. The maximum absolute atomic E-state index is 10.5. The fourth-order valence-corrected chi connectivity index (χ4v) is 5.13. The first-order valence-electron chi connectivity index (χ1n) is 16.2. The van der Waals surface area contributed by atoms with Crippen LogP contribution in [0, 0.1) is 0 Å². The number of quaternary nitrogens is 1. The molecule has 0 spiro atoms. The molecule has 0 aromatic heterocycles. The van der Waals surface area contributed by atoms with E-state index in [1.165, 1.54) is 116 Å². The van der Waals surface area contributed by atoms with Crippen LogP contribution in [0.15, 0.2) is 0 Å². The van der Waals surface area contributed by atoms with Crippen LogP contribution < -0.4 is 0 Å². The number of aliphatic hydroxyl groups excluding tert-OH is 2. The van der Waals surface area contributed by atoms with Gasteiger partial charge in [-0.2, -0.15) is 0 Å². The molecule has 238 valence electrons. The van der Waals surface area contributed by atoms with Gasteiger partial charge in [-0.3, -0.25) is 4.18 Å². The molecule has 0 bridgehead atoms. The first kappa shape index (κ1) is 40.9. The van der Waals surface area contributed by atoms with Crippen LogP contribution in [0.2, 0.25) is 0 Å². The van der Waals surface area contributed by atoms with Gasteiger partial charge in [-0.05, 0) is 12.8 Å². The van der Waals surface area contributed by atoms with E-state index < -0.39 is 10.4 Å². The molecule has 2 N–H and O–H groups in total. The second-order valence-corrected chi connectivity index (χ2v) is 13.3. The fourth-order valence-electron chi connectivity index (χ4n) is 5.13. The highest BCUT2D eigenvalue weighted by Crippen LogP contribution is 2.15. The SMILES string of the molecule is CCCCCCCCCCCCC(O)C[N+](C)(C)CC(O)CCCCCCCCCCCC.COS(=O)(=O)[O-]. The summed E-state index contributed by atoms with van der Waals surface area (Å²) in [5.74, 6) is 0. The first-order valence-corrected chi connectivity index (χ1v) is 17.5. The normalized spacial score (nSPS) is 13.6. The minimum Gasteiger partial charge on any atom is -0.726 e. The van der Waals surface area contributed by atoms with Crippen LogP contribution in [0.4, 0.5) is 0 Å². The van der Waals surface area contributed by atoms with E-state index in [2.05, 4.69) is 32.1 Å². The fraction of sp³-hybridized carbons (Fsp3) is 1.00. The van der Waals surface area contributed by atoms with Crippen molar-refractivity contribution in [1.82, 2.24) is 0 Å². The predicted molar refractivity (Wildman–Crippen MR) is 163 cm³/mol. The van der Waals surface area contributed by atoms with Crippen molar-refractivity contribution in [1.29, 1.82) is 0 Å². The zero-order chi connectivity index (χ0) is 29.8. The van der Waals surface area contributed by atoms with Crippen LogP contribution in [0.1, 0.15) is 155 Å². The van der Waals surface area contributed by atoms with E-state index >= 15 is 0 Å². The van der Waals surface area contributed by atoms with Crippen LogP contribution in [0.3, 0.4) is 0 Å². The van der Waals surface area contributed by atoms with Gasteiger partial charge in [0.1, 0.15) is 25.3 Å². The molecule has 0 aliphatic rings. The lowest BCUT2D eigenvalue weighted by molar-refractivity contribution is -0.896. The third-order valence-corrected chi connectivity index (χ3v) is 7.80. The molecule has 8 heteroatoms. The van der Waals surface area contributed by atoms with Crippen molar-refractivity contribution in [2.24, 2.45) is 0 Å². The van der Waals surface area contributed by atoms with Gasteiger partial charge in [0.25, 0.3) is 0 Å². The van der Waals surface area contributed by atoms with E-state index in [0.717, 1.165) is 50.4 Å². The Kier molecular flexibility index (Phi) is 29.2. The second kappa shape index (κ2) is 27.9. The molecule has 0 heterocycles. The van der Waals surface area contributed by atoms with Gasteiger partial charge in [0, 0.05) is 0 Å². The number of unbranched alkanes of at least 4 members (excludes halogenated alkanes) is 18. The topological polar surface area (TPSA) is 107 Å². The Bertz CT molecular complexity index is 566. The van der Waals surface area contributed by atoms with E-state index in [1.807, 2.05) is 0 Å². The Hall–Kier alpha value is -0.250. The second-order valence-electron chi connectivity index (χ2n) is 12.1. The van der Waals surface area contributed by atoms with Gasteiger partial charge >= 0.3 is 0 Å². The minimum absolute atomic E-state index is 0.237. The van der Waals surface area contributed by atoms with E-state index in [0.29, 0.717) is 0 Å². The third kappa shape index (κ3) is 35.7. The molecule has 0 radical (unpaired) electrons. The van der Waals surface area contributed by atoms with Gasteiger partial charge in [-0.1, -0.05) is 142 Å². The van der Waals surface area contributed by atoms with Crippen molar-refractivity contribution in [3.63, 3.8) is 0 Å². The number of hydrogen-bond donors (Lipinski definition) is 2. The molecule has 39 heavy (non-hydrogen) atoms. The van der Waals surface area contributed by atoms with E-state index in [-0.39, 0.29) is 12.2 Å². The summed E-state index contributed by atoms with van der Waals surface area (Å²) in [5.41, 5.74) is 0. The lowest BCUT2D eigenvalue weighted by atomic mass is 10.0. The maximum Gasteiger partial charge on any atom is 0.217 e. The van der Waals surface area contributed by atoms with Crippen molar-refractivity contribution in [3.8, 4) is 0 Å². The molecule has 2 atom stereocenters. The summed E-state index contributed by atoms with van der Waals surface area (Å²) in [6.45, 7) is 6.06. The number of nitrogens with zero attached hydrogens (tertiary/aromatic N) is 1. The third-order valence-electron chi connectivity index (χ3n) is 7.40. The highest BCUT2D eigenvalue weighted by atomic mass is 32.3. The highest BCUT2D eigenvalue weighted by Gasteiger charge is 2.23. The Balaban J connectivity index is 0. The monoisotopic (exact) mass is 581 g/mol. The molecule has 0 aromatic rings. The summed E-state index contributed by atoms with van der Waals surface area (Å²) in [4.78, 5) is 0. The van der Waals surface area contributed by atoms with Gasteiger partial charge in [0.15, 0.2) is 0 Å². The standard InChI is InChI=1S/C30H64NO2.CH4O4S/c1-5-7-9-11-13-15-17-19-21-23-25-29(32)27-31(3,4)28-30(33)26-24-22-20-18-16-14-12-10-8-6-2;1-5-6(2,3)4/h29-30,32-33H,5-28H2,1-4H3;1H3,(H,2,3,4)/q+1;/p-1. The molecule has 7 nitrogen and oxygen atoms in total. The van der Waals surface area contributed by atoms with Crippen LogP contribution >= 0.6 is 0 Å². The summed E-state index contributed by atoms with van der Waals surface area (Å²) >= 11 is 0. The van der Waals surface area contributed by atoms with Crippen LogP contribution in [0.25, 0.3) is 0 Å². The lowest BCUT2D eigenvalue weighted by Crippen LogP contribution is -2.49. The summed E-state index contributed by atoms with van der Waals surface area (Å²) in [5, 5.41) is 21.0. The van der Waals surface area contributed by atoms with E-state index in [4.69, 9.17) is 0 Å². The van der Waals surface area contributed by atoms with Gasteiger partial charge in [-0.25, -0.2) is 8.42 Å². The average Bonchev–Trinajstić information content (AvgIpc) is 2.85. The smallest absolute Gasteiger partial charge is 0.217 e. The Labute approximate surface area is 243 Å². The number of aliphatic hydroxyl groups is 2. The molecule has 0 aromatic carbocycles. The molecule has 0 aliphatic heterocycles. The molecule has 0 amide bonds. The Morgan fingerprint density at radius 3 is 1.05 bits per heavy atom. The summed E-state index contributed by atoms with van der Waals surface area (Å²) in [7, 11) is 0.708. The van der Waals surface area contributed by atoms with Crippen molar-refractivity contribution in [2.75, 3.05) is 34.3 Å². The van der Waals surface area contributed by atoms with Crippen LogP contribution in [-0.2, 0) is 14.6 Å². The largest absolute Gasteiger partial charge is 0.726 e. The quantitative estimate of drug-likeness (QED) is 0.0450. The van der Waals surface area contributed by atoms with Gasteiger partial charge in [0.05, 0.1) is 21.2 Å². The van der Waals surface area contributed by atoms with E-state index in [9.17, 15) is 23.2 Å². The molecule has 0 rings (SSSR count). The van der Waals surface area contributed by atoms with Gasteiger partial charge < -0.3 is 19.2 Å². The molecule has 0 aliphatic carbocycles. The molecular weight excluding hydrogens is 514 g/mol. The Morgan fingerprint density at radius 1 is 0.590 bits per heavy atom. The maximum atomic E-state index is 10.5. The van der Waals surface area contributed by atoms with Gasteiger partial charge in [-0.15, -0.1) is 0 Å². The average molecular weight is 582 g/mol. The molecule has 0 saturated carbocycles. The van der Waals surface area contributed by atoms with Crippen LogP contribution in [0.5, 0.6) is 0 Å². The van der Waals surface area contributed by atoms with Crippen molar-refractivity contribution in [2.45, 2.75) is 167 Å². The highest BCUT2D eigenvalue weighted by molar-refractivity contribution is 7.80. The number of likely N-dealkylation sites (N-methyl/N-ethyl adjacent to an activating group) is 1. The van der Waals surface area contributed by atoms with Crippen molar-refractivity contribution >= 4 is 10.4 Å². The number of rotatable bonds is 27. The summed E-state index contributed by atoms with van der Waals surface area (Å²) < 4.78 is 31.7. The first-order chi connectivity index (χ1) is 18.5. The van der Waals surface area contributed by atoms with E-state index in [1.54, 1.807) is 0 Å². The van der Waals surface area contributed by atoms with Gasteiger partial charge in [0.2, 0.25) is 10.4 Å².